The summed E-state index contributed by atoms with van der Waals surface area (Å²) < 4.78 is 4.80. The van der Waals surface area contributed by atoms with Crippen LogP contribution in [0.1, 0.15) is 58.3 Å². The maximum Gasteiger partial charge on any atom is 0.322 e. The van der Waals surface area contributed by atoms with E-state index in [1.165, 1.54) is 13.5 Å². The van der Waals surface area contributed by atoms with E-state index in [4.69, 9.17) is 4.74 Å². The Kier molecular flexibility index (Phi) is 6.65. The fourth-order valence-electron chi connectivity index (χ4n) is 2.55. The third-order valence-electron chi connectivity index (χ3n) is 3.79. The molecule has 0 spiro atoms. The van der Waals surface area contributed by atoms with E-state index in [9.17, 15) is 9.90 Å². The van der Waals surface area contributed by atoms with Crippen LogP contribution in [0.4, 0.5) is 0 Å². The van der Waals surface area contributed by atoms with Gasteiger partial charge in [0.2, 0.25) is 0 Å². The van der Waals surface area contributed by atoms with Gasteiger partial charge in [-0.15, -0.1) is 0 Å². The van der Waals surface area contributed by atoms with E-state index in [2.05, 4.69) is 12.2 Å². The Labute approximate surface area is 110 Å². The molecule has 1 atom stereocenters. The van der Waals surface area contributed by atoms with Gasteiger partial charge in [-0.25, -0.2) is 0 Å². The quantitative estimate of drug-likeness (QED) is 0.685. The van der Waals surface area contributed by atoms with Gasteiger partial charge in [0.05, 0.1) is 12.7 Å². The molecular formula is C14H27NO3. The predicted molar refractivity (Wildman–Crippen MR) is 71.4 cm³/mol. The van der Waals surface area contributed by atoms with Gasteiger partial charge in [0.15, 0.2) is 0 Å². The van der Waals surface area contributed by atoms with E-state index in [1.807, 2.05) is 0 Å². The van der Waals surface area contributed by atoms with E-state index in [1.54, 1.807) is 0 Å². The third kappa shape index (κ3) is 4.94. The van der Waals surface area contributed by atoms with Crippen LogP contribution in [-0.2, 0) is 9.53 Å². The molecule has 0 aliphatic heterocycles. The summed E-state index contributed by atoms with van der Waals surface area (Å²) in [7, 11) is 1.41. The first-order valence-electron chi connectivity index (χ1n) is 7.15. The number of hydrogen-bond donors (Lipinski definition) is 2. The second-order valence-electron chi connectivity index (χ2n) is 5.38. The minimum atomic E-state index is -0.628. The Hall–Kier alpha value is -0.610. The number of rotatable bonds is 7. The lowest BCUT2D eigenvalue weighted by atomic mass is 9.84. The summed E-state index contributed by atoms with van der Waals surface area (Å²) >= 11 is 0. The van der Waals surface area contributed by atoms with Crippen molar-refractivity contribution in [1.82, 2.24) is 5.32 Å². The second kappa shape index (κ2) is 7.74. The molecule has 4 nitrogen and oxygen atoms in total. The van der Waals surface area contributed by atoms with Gasteiger partial charge in [-0.3, -0.25) is 4.79 Å². The molecule has 1 unspecified atom stereocenters. The number of carbonyl (C=O) groups excluding carboxylic acids is 1. The second-order valence-corrected chi connectivity index (χ2v) is 5.38. The molecule has 0 aromatic rings. The molecule has 0 bridgehead atoms. The number of ether oxygens (including phenoxy) is 1. The van der Waals surface area contributed by atoms with Crippen molar-refractivity contribution in [2.24, 2.45) is 0 Å². The third-order valence-corrected chi connectivity index (χ3v) is 3.79. The van der Waals surface area contributed by atoms with Crippen molar-refractivity contribution in [3.05, 3.63) is 0 Å². The van der Waals surface area contributed by atoms with Crippen molar-refractivity contribution in [2.75, 3.05) is 13.7 Å². The highest BCUT2D eigenvalue weighted by atomic mass is 16.5. The molecule has 1 aliphatic rings. The lowest BCUT2D eigenvalue weighted by molar-refractivity contribution is -0.143. The Bertz CT molecular complexity index is 249. The molecule has 0 radical (unpaired) electrons. The van der Waals surface area contributed by atoms with Crippen LogP contribution in [0.5, 0.6) is 0 Å². The lowest BCUT2D eigenvalue weighted by Gasteiger charge is -2.33. The first-order chi connectivity index (χ1) is 8.61. The normalized spacial score (nSPS) is 20.4. The molecule has 0 heterocycles. The molecule has 1 saturated carbocycles. The number of aliphatic hydroxyl groups is 1. The van der Waals surface area contributed by atoms with Crippen LogP contribution in [0, 0.1) is 0 Å². The largest absolute Gasteiger partial charge is 0.468 e. The van der Waals surface area contributed by atoms with Gasteiger partial charge in [0.1, 0.15) is 6.04 Å². The van der Waals surface area contributed by atoms with E-state index < -0.39 is 5.60 Å². The van der Waals surface area contributed by atoms with Gasteiger partial charge < -0.3 is 15.2 Å². The molecule has 2 N–H and O–H groups in total. The first kappa shape index (κ1) is 15.4. The Morgan fingerprint density at radius 3 is 2.61 bits per heavy atom. The summed E-state index contributed by atoms with van der Waals surface area (Å²) in [6.07, 6.45) is 7.86. The van der Waals surface area contributed by atoms with Crippen molar-refractivity contribution >= 4 is 5.97 Å². The van der Waals surface area contributed by atoms with Crippen LogP contribution < -0.4 is 5.32 Å². The molecule has 4 heteroatoms. The number of methoxy groups -OCH3 is 1. The van der Waals surface area contributed by atoms with E-state index in [0.29, 0.717) is 6.54 Å². The number of esters is 1. The number of hydrogen-bond acceptors (Lipinski definition) is 4. The first-order valence-corrected chi connectivity index (χ1v) is 7.15. The summed E-state index contributed by atoms with van der Waals surface area (Å²) in [6.45, 7) is 2.60. The van der Waals surface area contributed by atoms with Crippen LogP contribution in [0.15, 0.2) is 0 Å². The highest BCUT2D eigenvalue weighted by molar-refractivity contribution is 5.75. The molecule has 106 valence electrons. The number of unbranched alkanes of at least 4 members (excludes halogenated alkanes) is 1. The van der Waals surface area contributed by atoms with Gasteiger partial charge in [-0.2, -0.15) is 0 Å². The highest BCUT2D eigenvalue weighted by Gasteiger charge is 2.30. The topological polar surface area (TPSA) is 58.6 Å². The molecule has 0 amide bonds. The summed E-state index contributed by atoms with van der Waals surface area (Å²) in [5, 5.41) is 13.6. The van der Waals surface area contributed by atoms with Crippen molar-refractivity contribution in [3.63, 3.8) is 0 Å². The van der Waals surface area contributed by atoms with E-state index >= 15 is 0 Å². The standard InChI is InChI=1S/C14H27NO3/c1-3-4-8-12(13(16)18-2)15-11-14(17)9-6-5-7-10-14/h12,15,17H,3-11H2,1-2H3. The van der Waals surface area contributed by atoms with Crippen molar-refractivity contribution in [1.29, 1.82) is 0 Å². The van der Waals surface area contributed by atoms with Crippen molar-refractivity contribution in [3.8, 4) is 0 Å². The molecule has 1 aliphatic carbocycles. The zero-order valence-electron chi connectivity index (χ0n) is 11.7. The van der Waals surface area contributed by atoms with Gasteiger partial charge >= 0.3 is 5.97 Å². The average molecular weight is 257 g/mol. The molecule has 18 heavy (non-hydrogen) atoms. The summed E-state index contributed by atoms with van der Waals surface area (Å²) in [6, 6.07) is -0.277. The fourth-order valence-corrected chi connectivity index (χ4v) is 2.55. The van der Waals surface area contributed by atoms with Crippen LogP contribution in [-0.4, -0.2) is 36.4 Å². The van der Waals surface area contributed by atoms with Crippen LogP contribution in [0.25, 0.3) is 0 Å². The molecule has 1 rings (SSSR count). The van der Waals surface area contributed by atoms with Gasteiger partial charge in [0, 0.05) is 6.54 Å². The molecule has 0 aromatic heterocycles. The minimum Gasteiger partial charge on any atom is -0.468 e. The van der Waals surface area contributed by atoms with Crippen LogP contribution in [0.3, 0.4) is 0 Å². The monoisotopic (exact) mass is 257 g/mol. The summed E-state index contributed by atoms with van der Waals surface area (Å²) in [5.41, 5.74) is -0.628. The fraction of sp³-hybridized carbons (Fsp3) is 0.929. The zero-order valence-corrected chi connectivity index (χ0v) is 11.7. The minimum absolute atomic E-state index is 0.220. The Morgan fingerprint density at radius 1 is 1.39 bits per heavy atom. The van der Waals surface area contributed by atoms with Gasteiger partial charge in [-0.1, -0.05) is 39.0 Å². The summed E-state index contributed by atoms with van der Waals surface area (Å²) in [5.74, 6) is -0.220. The predicted octanol–water partition coefficient (Wildman–Crippen LogP) is 2.00. The zero-order chi connectivity index (χ0) is 13.4. The molecule has 1 fully saturated rings. The number of carbonyl (C=O) groups is 1. The average Bonchev–Trinajstić information content (AvgIpc) is 2.39. The number of nitrogens with one attached hydrogen (secondary N) is 1. The SMILES string of the molecule is CCCCC(NCC1(O)CCCCC1)C(=O)OC. The maximum absolute atomic E-state index is 11.6. The maximum atomic E-state index is 11.6. The van der Waals surface area contributed by atoms with Gasteiger partial charge in [-0.05, 0) is 19.3 Å². The van der Waals surface area contributed by atoms with Crippen LogP contribution in [0.2, 0.25) is 0 Å². The highest BCUT2D eigenvalue weighted by Crippen LogP contribution is 2.27. The molecule has 0 aromatic carbocycles. The Balaban J connectivity index is 2.42. The summed E-state index contributed by atoms with van der Waals surface area (Å²) in [4.78, 5) is 11.6. The van der Waals surface area contributed by atoms with E-state index in [-0.39, 0.29) is 12.0 Å². The Morgan fingerprint density at radius 2 is 2.06 bits per heavy atom. The smallest absolute Gasteiger partial charge is 0.322 e. The van der Waals surface area contributed by atoms with Crippen molar-refractivity contribution in [2.45, 2.75) is 69.9 Å². The van der Waals surface area contributed by atoms with Crippen LogP contribution >= 0.6 is 0 Å². The van der Waals surface area contributed by atoms with E-state index in [0.717, 1.165) is 44.9 Å². The molecule has 0 saturated heterocycles. The van der Waals surface area contributed by atoms with Gasteiger partial charge in [0.25, 0.3) is 0 Å². The van der Waals surface area contributed by atoms with Crippen molar-refractivity contribution < 1.29 is 14.6 Å². The lowest BCUT2D eigenvalue weighted by Crippen LogP contribution is -2.48. The molecular weight excluding hydrogens is 230 g/mol.